The van der Waals surface area contributed by atoms with Crippen LogP contribution in [0.1, 0.15) is 25.3 Å². The van der Waals surface area contributed by atoms with Gasteiger partial charge in [-0.3, -0.25) is 9.59 Å². The summed E-state index contributed by atoms with van der Waals surface area (Å²) >= 11 is 1.29. The monoisotopic (exact) mass is 382 g/mol. The number of nitrogens with zero attached hydrogens (tertiary/aromatic N) is 1. The predicted octanol–water partition coefficient (Wildman–Crippen LogP) is 1.45. The summed E-state index contributed by atoms with van der Waals surface area (Å²) in [6, 6.07) is 6.93. The normalized spacial score (nSPS) is 20.4. The molecule has 0 spiro atoms. The summed E-state index contributed by atoms with van der Waals surface area (Å²) in [5.41, 5.74) is 0.253. The van der Waals surface area contributed by atoms with Gasteiger partial charge in [-0.15, -0.1) is 11.8 Å². The Labute approximate surface area is 149 Å². The highest BCUT2D eigenvalue weighted by molar-refractivity contribution is 8.02. The summed E-state index contributed by atoms with van der Waals surface area (Å²) < 4.78 is 28.1. The highest BCUT2D eigenvalue weighted by Crippen LogP contribution is 2.25. The van der Waals surface area contributed by atoms with Crippen molar-refractivity contribution in [2.24, 2.45) is 0 Å². The molecular weight excluding hydrogens is 364 g/mol. The van der Waals surface area contributed by atoms with E-state index in [2.05, 4.69) is 9.97 Å². The number of sulfone groups is 1. The highest BCUT2D eigenvalue weighted by Gasteiger charge is 2.29. The molecule has 9 heteroatoms. The molecule has 0 amide bonds. The SMILES string of the molecule is C[C@H](OC(=O)CS[C@@H]1CCS(=O)(=O)C1)c1nc2ccccc2c(=O)[nH]1. The molecule has 1 aromatic carbocycles. The number of carbonyl (C=O) groups excluding carboxylic acids is 1. The number of aromatic nitrogens is 2. The van der Waals surface area contributed by atoms with E-state index in [0.29, 0.717) is 17.3 Å². The number of esters is 1. The summed E-state index contributed by atoms with van der Waals surface area (Å²) in [5.74, 6) is 0.184. The van der Waals surface area contributed by atoms with Crippen LogP contribution in [0.25, 0.3) is 10.9 Å². The van der Waals surface area contributed by atoms with E-state index in [0.717, 1.165) is 0 Å². The number of ether oxygens (including phenoxy) is 1. The fourth-order valence-corrected chi connectivity index (χ4v) is 6.09. The number of thioether (sulfide) groups is 1. The van der Waals surface area contributed by atoms with Crippen molar-refractivity contribution < 1.29 is 17.9 Å². The first-order valence-electron chi connectivity index (χ1n) is 7.84. The largest absolute Gasteiger partial charge is 0.454 e. The Morgan fingerprint density at radius 3 is 2.92 bits per heavy atom. The second kappa shape index (κ2) is 7.17. The van der Waals surface area contributed by atoms with Crippen LogP contribution in [-0.2, 0) is 19.4 Å². The number of H-pyrrole nitrogens is 1. The Bertz CT molecular complexity index is 954. The number of fused-ring (bicyclic) bond motifs is 1. The number of nitrogens with one attached hydrogen (secondary N) is 1. The lowest BCUT2D eigenvalue weighted by atomic mass is 10.2. The Balaban J connectivity index is 1.61. The Hall–Kier alpha value is -1.87. The van der Waals surface area contributed by atoms with Gasteiger partial charge in [0.1, 0.15) is 0 Å². The fourth-order valence-electron chi connectivity index (χ4n) is 2.66. The Morgan fingerprint density at radius 2 is 2.20 bits per heavy atom. The van der Waals surface area contributed by atoms with Gasteiger partial charge in [0, 0.05) is 5.25 Å². The maximum Gasteiger partial charge on any atom is 0.316 e. The molecule has 1 fully saturated rings. The summed E-state index contributed by atoms with van der Waals surface area (Å²) in [6.45, 7) is 1.63. The summed E-state index contributed by atoms with van der Waals surface area (Å²) in [7, 11) is -2.96. The average Bonchev–Trinajstić information content (AvgIpc) is 2.92. The van der Waals surface area contributed by atoms with Gasteiger partial charge in [0.15, 0.2) is 21.8 Å². The molecule has 1 N–H and O–H groups in total. The van der Waals surface area contributed by atoms with Crippen molar-refractivity contribution in [2.45, 2.75) is 24.7 Å². The molecule has 1 aliphatic rings. The number of carbonyl (C=O) groups is 1. The lowest BCUT2D eigenvalue weighted by Gasteiger charge is -2.14. The molecule has 0 saturated carbocycles. The van der Waals surface area contributed by atoms with Gasteiger partial charge in [0.25, 0.3) is 5.56 Å². The molecule has 0 aliphatic carbocycles. The molecule has 0 bridgehead atoms. The maximum absolute atomic E-state index is 12.1. The minimum absolute atomic E-state index is 0.0635. The summed E-state index contributed by atoms with van der Waals surface area (Å²) in [6.07, 6.45) is -0.132. The first kappa shape index (κ1) is 17.9. The van der Waals surface area contributed by atoms with Gasteiger partial charge in [0.05, 0.1) is 28.2 Å². The molecule has 1 aliphatic heterocycles. The molecular formula is C16H18N2O5S2. The zero-order valence-corrected chi connectivity index (χ0v) is 15.2. The van der Waals surface area contributed by atoms with Gasteiger partial charge in [0.2, 0.25) is 0 Å². The van der Waals surface area contributed by atoms with Gasteiger partial charge in [-0.25, -0.2) is 13.4 Å². The second-order valence-corrected chi connectivity index (χ2v) is 9.45. The minimum atomic E-state index is -2.96. The zero-order chi connectivity index (χ0) is 18.0. The van der Waals surface area contributed by atoms with Crippen LogP contribution in [-0.4, -0.2) is 46.9 Å². The number of hydrogen-bond acceptors (Lipinski definition) is 7. The quantitative estimate of drug-likeness (QED) is 0.780. The lowest BCUT2D eigenvalue weighted by Crippen LogP contribution is -2.19. The topological polar surface area (TPSA) is 106 Å². The second-order valence-electron chi connectivity index (χ2n) is 5.94. The fraction of sp³-hybridized carbons (Fsp3) is 0.438. The van der Waals surface area contributed by atoms with Crippen LogP contribution >= 0.6 is 11.8 Å². The van der Waals surface area contributed by atoms with Crippen molar-refractivity contribution in [1.29, 1.82) is 0 Å². The van der Waals surface area contributed by atoms with Crippen LogP contribution in [0.4, 0.5) is 0 Å². The molecule has 2 atom stereocenters. The predicted molar refractivity (Wildman–Crippen MR) is 96.4 cm³/mol. The summed E-state index contributed by atoms with van der Waals surface area (Å²) in [5, 5.41) is 0.411. The van der Waals surface area contributed by atoms with Crippen molar-refractivity contribution in [3.05, 3.63) is 40.4 Å². The molecule has 7 nitrogen and oxygen atoms in total. The van der Waals surface area contributed by atoms with E-state index in [1.54, 1.807) is 31.2 Å². The zero-order valence-electron chi connectivity index (χ0n) is 13.6. The Kier molecular flexibility index (Phi) is 5.14. The first-order valence-corrected chi connectivity index (χ1v) is 10.7. The van der Waals surface area contributed by atoms with E-state index in [-0.39, 0.29) is 33.9 Å². The molecule has 3 rings (SSSR count). The summed E-state index contributed by atoms with van der Waals surface area (Å²) in [4.78, 5) is 31.0. The molecule has 0 unspecified atom stereocenters. The van der Waals surface area contributed by atoms with Crippen molar-refractivity contribution in [1.82, 2.24) is 9.97 Å². The van der Waals surface area contributed by atoms with Crippen molar-refractivity contribution in [3.8, 4) is 0 Å². The molecule has 0 radical (unpaired) electrons. The molecule has 1 saturated heterocycles. The number of para-hydroxylation sites is 1. The molecule has 25 heavy (non-hydrogen) atoms. The molecule has 1 aromatic heterocycles. The maximum atomic E-state index is 12.1. The third kappa shape index (κ3) is 4.40. The third-order valence-electron chi connectivity index (χ3n) is 3.95. The smallest absolute Gasteiger partial charge is 0.316 e. The van der Waals surface area contributed by atoms with Crippen LogP contribution in [0, 0.1) is 0 Å². The Morgan fingerprint density at radius 1 is 1.44 bits per heavy atom. The van der Waals surface area contributed by atoms with E-state index >= 15 is 0 Å². The highest BCUT2D eigenvalue weighted by atomic mass is 32.2. The van der Waals surface area contributed by atoms with Crippen LogP contribution in [0.3, 0.4) is 0 Å². The van der Waals surface area contributed by atoms with Crippen molar-refractivity contribution in [2.75, 3.05) is 17.3 Å². The van der Waals surface area contributed by atoms with Gasteiger partial charge in [-0.2, -0.15) is 0 Å². The van der Waals surface area contributed by atoms with E-state index in [1.165, 1.54) is 11.8 Å². The van der Waals surface area contributed by atoms with E-state index in [4.69, 9.17) is 4.74 Å². The third-order valence-corrected chi connectivity index (χ3v) is 7.21. The van der Waals surface area contributed by atoms with Crippen LogP contribution in [0.15, 0.2) is 29.1 Å². The average molecular weight is 382 g/mol. The van der Waals surface area contributed by atoms with Gasteiger partial charge in [-0.1, -0.05) is 12.1 Å². The van der Waals surface area contributed by atoms with Gasteiger partial charge >= 0.3 is 5.97 Å². The van der Waals surface area contributed by atoms with Crippen LogP contribution in [0.2, 0.25) is 0 Å². The molecule has 2 aromatic rings. The van der Waals surface area contributed by atoms with Crippen LogP contribution < -0.4 is 5.56 Å². The number of benzene rings is 1. The van der Waals surface area contributed by atoms with E-state index < -0.39 is 21.9 Å². The molecule has 2 heterocycles. The van der Waals surface area contributed by atoms with Crippen LogP contribution in [0.5, 0.6) is 0 Å². The lowest BCUT2D eigenvalue weighted by molar-refractivity contribution is -0.145. The van der Waals surface area contributed by atoms with E-state index in [9.17, 15) is 18.0 Å². The molecule has 134 valence electrons. The number of aromatic amines is 1. The standard InChI is InChI=1S/C16H18N2O5S2/c1-10(15-17-13-5-3-2-4-12(13)16(20)18-15)23-14(19)8-24-11-6-7-25(21,22)9-11/h2-5,10-11H,6-9H2,1H3,(H,17,18,20)/t10-,11+/m0/s1. The van der Waals surface area contributed by atoms with Crippen molar-refractivity contribution in [3.63, 3.8) is 0 Å². The van der Waals surface area contributed by atoms with E-state index in [1.807, 2.05) is 0 Å². The first-order chi connectivity index (χ1) is 11.8. The minimum Gasteiger partial charge on any atom is -0.454 e. The number of rotatable bonds is 5. The van der Waals surface area contributed by atoms with Gasteiger partial charge in [-0.05, 0) is 25.5 Å². The van der Waals surface area contributed by atoms with Gasteiger partial charge < -0.3 is 9.72 Å². The number of hydrogen-bond donors (Lipinski definition) is 1. The van der Waals surface area contributed by atoms with Crippen molar-refractivity contribution >= 4 is 38.5 Å².